The van der Waals surface area contributed by atoms with Gasteiger partial charge >= 0.3 is 0 Å². The van der Waals surface area contributed by atoms with E-state index in [0.29, 0.717) is 16.8 Å². The van der Waals surface area contributed by atoms with E-state index < -0.39 is 16.1 Å². The molecule has 0 radical (unpaired) electrons. The Morgan fingerprint density at radius 3 is 2.41 bits per heavy atom. The van der Waals surface area contributed by atoms with Gasteiger partial charge in [0.15, 0.2) is 0 Å². The van der Waals surface area contributed by atoms with Crippen LogP contribution in [0.15, 0.2) is 48.5 Å². The summed E-state index contributed by atoms with van der Waals surface area (Å²) in [5.74, 6) is -0.758. The van der Waals surface area contributed by atoms with E-state index in [1.807, 2.05) is 33.8 Å². The van der Waals surface area contributed by atoms with Gasteiger partial charge in [-0.05, 0) is 58.0 Å². The molecule has 0 bridgehead atoms. The third kappa shape index (κ3) is 4.46. The highest BCUT2D eigenvalue weighted by Gasteiger charge is 2.29. The average Bonchev–Trinajstić information content (AvgIpc) is 2.59. The Bertz CT molecular complexity index is 972. The monoisotopic (exact) mass is 388 g/mol. The lowest BCUT2D eigenvalue weighted by Crippen LogP contribution is -2.40. The van der Waals surface area contributed by atoms with Gasteiger partial charge in [0, 0.05) is 33.9 Å². The topological polar surface area (TPSA) is 48.0 Å². The first-order valence-corrected chi connectivity index (χ1v) is 9.84. The molecule has 6 heteroatoms. The summed E-state index contributed by atoms with van der Waals surface area (Å²) < 4.78 is 42.6. The molecule has 1 aromatic heterocycles. The van der Waals surface area contributed by atoms with Crippen molar-refractivity contribution in [1.82, 2.24) is 9.71 Å². The zero-order chi connectivity index (χ0) is 19.8. The summed E-state index contributed by atoms with van der Waals surface area (Å²) in [4.78, 5) is 4.59. The van der Waals surface area contributed by atoms with Crippen molar-refractivity contribution in [2.24, 2.45) is 0 Å². The lowest BCUT2D eigenvalue weighted by atomic mass is 9.99. The first kappa shape index (κ1) is 19.7. The van der Waals surface area contributed by atoms with Crippen molar-refractivity contribution >= 4 is 22.3 Å². The summed E-state index contributed by atoms with van der Waals surface area (Å²) in [6.07, 6.45) is 0. The molecule has 142 valence electrons. The van der Waals surface area contributed by atoms with Gasteiger partial charge in [0.1, 0.15) is 16.4 Å². The van der Waals surface area contributed by atoms with Crippen molar-refractivity contribution in [3.63, 3.8) is 0 Å². The van der Waals surface area contributed by atoms with Crippen LogP contribution in [-0.2, 0) is 11.4 Å². The van der Waals surface area contributed by atoms with E-state index in [1.165, 1.54) is 24.3 Å². The van der Waals surface area contributed by atoms with Crippen LogP contribution in [0.3, 0.4) is 0 Å². The normalized spacial score (nSPS) is 14.3. The Kier molecular flexibility index (Phi) is 5.51. The summed E-state index contributed by atoms with van der Waals surface area (Å²) in [5, 5.41) is 0.766. The fourth-order valence-electron chi connectivity index (χ4n) is 2.75. The molecule has 1 N–H and O–H groups in total. The zero-order valence-electron chi connectivity index (χ0n) is 15.7. The van der Waals surface area contributed by atoms with Gasteiger partial charge in [-0.25, -0.2) is 13.8 Å². The largest absolute Gasteiger partial charge is 0.598 e. The van der Waals surface area contributed by atoms with Crippen molar-refractivity contribution in [3.05, 3.63) is 65.7 Å². The molecule has 2 aromatic carbocycles. The number of rotatable bonds is 4. The molecule has 0 aliphatic carbocycles. The number of fused-ring (bicyclic) bond motifs is 1. The molecule has 0 amide bonds. The summed E-state index contributed by atoms with van der Waals surface area (Å²) >= 11 is -1.29. The predicted octanol–water partition coefficient (Wildman–Crippen LogP) is 5.29. The molecular formula is C21H22F2N2OS. The van der Waals surface area contributed by atoms with Gasteiger partial charge in [-0.2, -0.15) is 0 Å². The molecule has 0 aliphatic rings. The highest BCUT2D eigenvalue weighted by atomic mass is 32.2. The van der Waals surface area contributed by atoms with Crippen molar-refractivity contribution < 1.29 is 13.3 Å². The highest BCUT2D eigenvalue weighted by Crippen LogP contribution is 2.31. The van der Waals surface area contributed by atoms with Crippen molar-refractivity contribution in [2.75, 3.05) is 0 Å². The maximum absolute atomic E-state index is 13.8. The molecule has 1 heterocycles. The Labute approximate surface area is 161 Å². The second kappa shape index (κ2) is 7.54. The van der Waals surface area contributed by atoms with Crippen molar-refractivity contribution in [3.8, 4) is 11.3 Å². The molecule has 2 atom stereocenters. The molecule has 3 aromatic rings. The minimum Gasteiger partial charge on any atom is -0.598 e. The zero-order valence-corrected chi connectivity index (χ0v) is 16.5. The van der Waals surface area contributed by atoms with E-state index in [-0.39, 0.29) is 17.7 Å². The Morgan fingerprint density at radius 2 is 1.74 bits per heavy atom. The molecule has 1 unspecified atom stereocenters. The molecule has 0 saturated heterocycles. The minimum absolute atomic E-state index is 0.301. The Morgan fingerprint density at radius 1 is 1.04 bits per heavy atom. The van der Waals surface area contributed by atoms with Crippen molar-refractivity contribution in [1.29, 1.82) is 0 Å². The molecule has 3 rings (SSSR count). The van der Waals surface area contributed by atoms with E-state index in [0.717, 1.165) is 10.9 Å². The predicted molar refractivity (Wildman–Crippen MR) is 107 cm³/mol. The number of hydrogen-bond acceptors (Lipinski definition) is 3. The smallest absolute Gasteiger partial charge is 0.136 e. The van der Waals surface area contributed by atoms with Crippen LogP contribution in [0, 0.1) is 11.6 Å². The lowest BCUT2D eigenvalue weighted by Gasteiger charge is -2.27. The van der Waals surface area contributed by atoms with Gasteiger partial charge < -0.3 is 4.55 Å². The quantitative estimate of drug-likeness (QED) is 0.618. The van der Waals surface area contributed by atoms with Crippen LogP contribution in [0.1, 0.15) is 39.3 Å². The van der Waals surface area contributed by atoms with Gasteiger partial charge in [0.2, 0.25) is 0 Å². The van der Waals surface area contributed by atoms with Crippen LogP contribution in [0.25, 0.3) is 22.2 Å². The first-order chi connectivity index (χ1) is 12.6. The molecule has 3 nitrogen and oxygen atoms in total. The fraction of sp³-hybridized carbons (Fsp3) is 0.286. The first-order valence-electron chi connectivity index (χ1n) is 8.69. The number of pyridine rings is 1. The van der Waals surface area contributed by atoms with Gasteiger partial charge in [-0.15, -0.1) is 4.72 Å². The minimum atomic E-state index is -1.29. The van der Waals surface area contributed by atoms with Crippen LogP contribution < -0.4 is 4.72 Å². The number of nitrogens with one attached hydrogen (secondary N) is 1. The van der Waals surface area contributed by atoms with Crippen LogP contribution in [0.2, 0.25) is 0 Å². The third-order valence-corrected chi connectivity index (χ3v) is 5.89. The van der Waals surface area contributed by atoms with Crippen LogP contribution in [0.4, 0.5) is 8.78 Å². The number of nitrogens with zero attached hydrogens (tertiary/aromatic N) is 1. The molecule has 0 aliphatic heterocycles. The van der Waals surface area contributed by atoms with E-state index in [4.69, 9.17) is 0 Å². The van der Waals surface area contributed by atoms with Gasteiger partial charge in [-0.3, -0.25) is 0 Å². The van der Waals surface area contributed by atoms with Gasteiger partial charge in [-0.1, -0.05) is 12.1 Å². The number of benzene rings is 2. The molecule has 0 fully saturated rings. The fourth-order valence-corrected chi connectivity index (χ4v) is 3.56. The molecule has 0 saturated carbocycles. The SMILES string of the molecule is C[C@H](N[S+]([O-])C(C)(C)C)c1cc2ccc(F)cc2nc1-c1cccc(F)c1. The van der Waals surface area contributed by atoms with E-state index in [1.54, 1.807) is 18.2 Å². The van der Waals surface area contributed by atoms with Gasteiger partial charge in [0.25, 0.3) is 0 Å². The second-order valence-corrected chi connectivity index (χ2v) is 9.49. The van der Waals surface area contributed by atoms with Crippen LogP contribution in [-0.4, -0.2) is 14.3 Å². The summed E-state index contributed by atoms with van der Waals surface area (Å²) in [5.41, 5.74) is 2.39. The summed E-state index contributed by atoms with van der Waals surface area (Å²) in [7, 11) is 0. The number of aromatic nitrogens is 1. The van der Waals surface area contributed by atoms with Crippen molar-refractivity contribution in [2.45, 2.75) is 38.5 Å². The Balaban J connectivity index is 2.14. The lowest BCUT2D eigenvalue weighted by molar-refractivity contribution is 0.531. The van der Waals surface area contributed by atoms with E-state index in [2.05, 4.69) is 9.71 Å². The average molecular weight is 388 g/mol. The maximum Gasteiger partial charge on any atom is 0.136 e. The highest BCUT2D eigenvalue weighted by molar-refractivity contribution is 7.90. The van der Waals surface area contributed by atoms with Crippen LogP contribution >= 0.6 is 0 Å². The molecular weight excluding hydrogens is 366 g/mol. The van der Waals surface area contributed by atoms with E-state index in [9.17, 15) is 13.3 Å². The van der Waals surface area contributed by atoms with E-state index >= 15 is 0 Å². The molecule has 27 heavy (non-hydrogen) atoms. The maximum atomic E-state index is 13.8. The second-order valence-electron chi connectivity index (χ2n) is 7.49. The number of hydrogen-bond donors (Lipinski definition) is 1. The van der Waals surface area contributed by atoms with Crippen LogP contribution in [0.5, 0.6) is 0 Å². The Hall–Kier alpha value is -2.02. The standard InChI is InChI=1S/C21H22F2N2OS/c1-13(25-27(26)21(2,3)4)18-11-14-8-9-17(23)12-19(14)24-20(18)15-6-5-7-16(22)10-15/h5-13,25H,1-4H3/t13-,27?/m0/s1. The van der Waals surface area contributed by atoms with Gasteiger partial charge in [0.05, 0.1) is 17.3 Å². The summed E-state index contributed by atoms with van der Waals surface area (Å²) in [6.45, 7) is 7.55. The third-order valence-electron chi connectivity index (χ3n) is 4.21. The molecule has 0 spiro atoms. The summed E-state index contributed by atoms with van der Waals surface area (Å²) in [6, 6.07) is 12.1. The number of halogens is 2.